The molecule has 3 rings (SSSR count). The second-order valence-corrected chi connectivity index (χ2v) is 7.97. The molecule has 0 amide bonds. The fourth-order valence-electron chi connectivity index (χ4n) is 2.55. The molecule has 0 spiro atoms. The van der Waals surface area contributed by atoms with Crippen LogP contribution >= 0.6 is 34.7 Å². The highest BCUT2D eigenvalue weighted by atomic mass is 35.5. The quantitative estimate of drug-likeness (QED) is 0.455. The molecule has 0 unspecified atom stereocenters. The normalized spacial score (nSPS) is 11.2. The van der Waals surface area contributed by atoms with Crippen molar-refractivity contribution in [3.05, 3.63) is 50.9 Å². The van der Waals surface area contributed by atoms with Crippen LogP contribution in [0, 0.1) is 5.82 Å². The Morgan fingerprint density at radius 2 is 2.08 bits per heavy atom. The van der Waals surface area contributed by atoms with Gasteiger partial charge in [0.25, 0.3) is 0 Å². The molecule has 0 bridgehead atoms. The minimum absolute atomic E-state index is 0.321. The van der Waals surface area contributed by atoms with E-state index < -0.39 is 0 Å². The van der Waals surface area contributed by atoms with Crippen LogP contribution in [0.4, 0.5) is 4.39 Å². The molecule has 1 aromatic carbocycles. The van der Waals surface area contributed by atoms with Crippen LogP contribution in [0.1, 0.15) is 30.7 Å². The molecule has 0 aliphatic carbocycles. The zero-order valence-electron chi connectivity index (χ0n) is 14.1. The maximum Gasteiger partial charge on any atom is 0.191 e. The van der Waals surface area contributed by atoms with Crippen LogP contribution in [0.25, 0.3) is 11.4 Å². The number of thioether (sulfide) groups is 1. The Labute approximate surface area is 160 Å². The summed E-state index contributed by atoms with van der Waals surface area (Å²) in [6.45, 7) is 5.06. The van der Waals surface area contributed by atoms with Crippen molar-refractivity contribution < 1.29 is 4.39 Å². The molecule has 2 aromatic heterocycles. The fraction of sp³-hybridized carbons (Fsp3) is 0.333. The van der Waals surface area contributed by atoms with E-state index >= 15 is 0 Å². The van der Waals surface area contributed by atoms with Gasteiger partial charge in [0, 0.05) is 33.1 Å². The van der Waals surface area contributed by atoms with Gasteiger partial charge in [0.2, 0.25) is 0 Å². The van der Waals surface area contributed by atoms with E-state index in [4.69, 9.17) is 11.6 Å². The molecule has 3 aromatic rings. The lowest BCUT2D eigenvalue weighted by Gasteiger charge is -2.07. The Bertz CT molecular complexity index is 860. The maximum absolute atomic E-state index is 13.2. The minimum Gasteiger partial charge on any atom is -0.302 e. The molecule has 7 heteroatoms. The number of rotatable bonds is 7. The van der Waals surface area contributed by atoms with Gasteiger partial charge in [-0.3, -0.25) is 0 Å². The largest absolute Gasteiger partial charge is 0.302 e. The number of aryl methyl sites for hydroxylation is 1. The van der Waals surface area contributed by atoms with Gasteiger partial charge in [0.05, 0.1) is 0 Å². The smallest absolute Gasteiger partial charge is 0.191 e. The third-order valence-electron chi connectivity index (χ3n) is 3.81. The van der Waals surface area contributed by atoms with Gasteiger partial charge in [0.15, 0.2) is 11.0 Å². The van der Waals surface area contributed by atoms with Gasteiger partial charge >= 0.3 is 0 Å². The van der Waals surface area contributed by atoms with Crippen molar-refractivity contribution in [2.24, 2.45) is 0 Å². The highest BCUT2D eigenvalue weighted by molar-refractivity contribution is 7.98. The average molecular weight is 396 g/mol. The maximum atomic E-state index is 13.2. The fourth-order valence-corrected chi connectivity index (χ4v) is 4.84. The Kier molecular flexibility index (Phi) is 6.15. The Morgan fingerprint density at radius 3 is 2.80 bits per heavy atom. The van der Waals surface area contributed by atoms with Crippen molar-refractivity contribution in [2.45, 2.75) is 44.1 Å². The predicted octanol–water partition coefficient (Wildman–Crippen LogP) is 6.06. The molecule has 0 radical (unpaired) electrons. The van der Waals surface area contributed by atoms with Crippen LogP contribution in [0.15, 0.2) is 34.8 Å². The molecular weight excluding hydrogens is 377 g/mol. The minimum atomic E-state index is -0.321. The molecule has 0 atom stereocenters. The van der Waals surface area contributed by atoms with Gasteiger partial charge < -0.3 is 4.57 Å². The summed E-state index contributed by atoms with van der Waals surface area (Å²) in [6, 6.07) is 6.69. The van der Waals surface area contributed by atoms with Crippen LogP contribution in [-0.2, 0) is 18.7 Å². The van der Waals surface area contributed by atoms with Crippen LogP contribution in [-0.4, -0.2) is 14.8 Å². The number of nitrogens with zero attached hydrogens (tertiary/aromatic N) is 3. The second-order valence-electron chi connectivity index (χ2n) is 5.63. The summed E-state index contributed by atoms with van der Waals surface area (Å²) >= 11 is 9.44. The van der Waals surface area contributed by atoms with Crippen LogP contribution in [0.3, 0.4) is 0 Å². The van der Waals surface area contributed by atoms with E-state index in [2.05, 4.69) is 40.1 Å². The zero-order chi connectivity index (χ0) is 17.8. The predicted molar refractivity (Wildman–Crippen MR) is 104 cm³/mol. The monoisotopic (exact) mass is 395 g/mol. The molecule has 2 heterocycles. The van der Waals surface area contributed by atoms with Gasteiger partial charge in [0.1, 0.15) is 5.82 Å². The molecule has 132 valence electrons. The van der Waals surface area contributed by atoms with Gasteiger partial charge in [-0.1, -0.05) is 42.8 Å². The molecule has 0 N–H and O–H groups in total. The van der Waals surface area contributed by atoms with Crippen molar-refractivity contribution >= 4 is 34.7 Å². The first kappa shape index (κ1) is 18.4. The number of benzene rings is 1. The summed E-state index contributed by atoms with van der Waals surface area (Å²) in [5.74, 6) is 1.20. The van der Waals surface area contributed by atoms with Gasteiger partial charge in [-0.25, -0.2) is 4.39 Å². The molecule has 0 aliphatic heterocycles. The molecule has 3 nitrogen and oxygen atoms in total. The number of thiophene rings is 1. The van der Waals surface area contributed by atoms with Crippen molar-refractivity contribution in [2.75, 3.05) is 0 Å². The summed E-state index contributed by atoms with van der Waals surface area (Å²) < 4.78 is 15.3. The molecular formula is C18H19ClFN3S2. The number of hydrogen-bond donors (Lipinski definition) is 0. The van der Waals surface area contributed by atoms with E-state index in [0.29, 0.717) is 10.8 Å². The zero-order valence-corrected chi connectivity index (χ0v) is 16.5. The topological polar surface area (TPSA) is 30.7 Å². The second kappa shape index (κ2) is 8.34. The third kappa shape index (κ3) is 4.25. The van der Waals surface area contributed by atoms with E-state index in [1.807, 2.05) is 0 Å². The van der Waals surface area contributed by atoms with E-state index in [1.165, 1.54) is 17.0 Å². The Morgan fingerprint density at radius 1 is 1.24 bits per heavy atom. The molecule has 0 fully saturated rings. The number of halogens is 2. The van der Waals surface area contributed by atoms with Crippen molar-refractivity contribution in [3.8, 4) is 11.4 Å². The van der Waals surface area contributed by atoms with Gasteiger partial charge in [-0.05, 0) is 37.1 Å². The van der Waals surface area contributed by atoms with Crippen molar-refractivity contribution in [1.29, 1.82) is 0 Å². The standard InChI is InChI=1S/C18H19ClFN3S2/c1-3-5-15-8-13(11-24-15)17-21-22-18(23(17)4-2)25-10-12-6-7-14(20)9-16(12)19/h6-9,11H,3-5,10H2,1-2H3. The summed E-state index contributed by atoms with van der Waals surface area (Å²) in [6.07, 6.45) is 2.23. The molecule has 0 aliphatic rings. The van der Waals surface area contributed by atoms with E-state index in [9.17, 15) is 4.39 Å². The summed E-state index contributed by atoms with van der Waals surface area (Å²) in [4.78, 5) is 1.37. The lowest BCUT2D eigenvalue weighted by Crippen LogP contribution is -1.99. The third-order valence-corrected chi connectivity index (χ3v) is 6.18. The molecule has 25 heavy (non-hydrogen) atoms. The van der Waals surface area contributed by atoms with E-state index in [0.717, 1.165) is 41.5 Å². The van der Waals surface area contributed by atoms with Crippen LogP contribution < -0.4 is 0 Å². The number of aromatic nitrogens is 3. The highest BCUT2D eigenvalue weighted by Crippen LogP contribution is 2.31. The average Bonchev–Trinajstić information content (AvgIpc) is 3.20. The van der Waals surface area contributed by atoms with E-state index in [-0.39, 0.29) is 5.82 Å². The van der Waals surface area contributed by atoms with Crippen molar-refractivity contribution in [1.82, 2.24) is 14.8 Å². The summed E-state index contributed by atoms with van der Waals surface area (Å²) in [5, 5.41) is 12.2. The van der Waals surface area contributed by atoms with Gasteiger partial charge in [-0.15, -0.1) is 21.5 Å². The molecule has 0 saturated carbocycles. The van der Waals surface area contributed by atoms with Crippen LogP contribution in [0.2, 0.25) is 5.02 Å². The summed E-state index contributed by atoms with van der Waals surface area (Å²) in [5.41, 5.74) is 2.01. The SMILES string of the molecule is CCCc1cc(-c2nnc(SCc3ccc(F)cc3Cl)n2CC)cs1. The highest BCUT2D eigenvalue weighted by Gasteiger charge is 2.15. The van der Waals surface area contributed by atoms with Crippen LogP contribution in [0.5, 0.6) is 0 Å². The summed E-state index contributed by atoms with van der Waals surface area (Å²) in [7, 11) is 0. The Balaban J connectivity index is 1.79. The first-order valence-corrected chi connectivity index (χ1v) is 10.4. The van der Waals surface area contributed by atoms with Gasteiger partial charge in [-0.2, -0.15) is 0 Å². The van der Waals surface area contributed by atoms with E-state index in [1.54, 1.807) is 29.2 Å². The first-order chi connectivity index (χ1) is 12.1. The first-order valence-electron chi connectivity index (χ1n) is 8.20. The lowest BCUT2D eigenvalue weighted by molar-refractivity contribution is 0.627. The van der Waals surface area contributed by atoms with Crippen molar-refractivity contribution in [3.63, 3.8) is 0 Å². The number of hydrogen-bond acceptors (Lipinski definition) is 4. The lowest BCUT2D eigenvalue weighted by atomic mass is 10.2. The molecule has 0 saturated heterocycles. The Hall–Kier alpha value is -1.37.